The maximum atomic E-state index is 11.6. The van der Waals surface area contributed by atoms with Crippen LogP contribution in [-0.4, -0.2) is 21.8 Å². The molecule has 2 N–H and O–H groups in total. The van der Waals surface area contributed by atoms with Crippen molar-refractivity contribution in [2.45, 2.75) is 51.0 Å². The second-order valence-corrected chi connectivity index (χ2v) is 5.69. The van der Waals surface area contributed by atoms with E-state index < -0.39 is 11.6 Å². The lowest BCUT2D eigenvalue weighted by Gasteiger charge is -2.35. The van der Waals surface area contributed by atoms with E-state index in [0.29, 0.717) is 12.8 Å². The van der Waals surface area contributed by atoms with Gasteiger partial charge in [-0.05, 0) is 43.4 Å². The van der Waals surface area contributed by atoms with Gasteiger partial charge in [-0.25, -0.2) is 4.79 Å². The van der Waals surface area contributed by atoms with Gasteiger partial charge in [-0.1, -0.05) is 25.5 Å². The molecular formula is C17H22O4. The Morgan fingerprint density at radius 2 is 1.90 bits per heavy atom. The number of rotatable bonds is 6. The van der Waals surface area contributed by atoms with Crippen LogP contribution < -0.4 is 0 Å². The Balaban J connectivity index is 2.07. The normalized spacial score (nSPS) is 21.8. The predicted octanol–water partition coefficient (Wildman–Crippen LogP) is 3.64. The zero-order chi connectivity index (χ0) is 15.3. The first-order chi connectivity index (χ1) is 10.0. The standard InChI is InChI=1S/C17H22O4/c1-2-3-9-17(12-15(19)11-16(20)21-17)10-8-13-4-6-14(18)7-5-13/h4-7,11,18-19H,2-3,8-10,12H2,1H3/t17-/m0/s1. The topological polar surface area (TPSA) is 66.8 Å². The van der Waals surface area contributed by atoms with Crippen LogP contribution >= 0.6 is 0 Å². The van der Waals surface area contributed by atoms with Gasteiger partial charge < -0.3 is 14.9 Å². The highest BCUT2D eigenvalue weighted by molar-refractivity contribution is 5.83. The van der Waals surface area contributed by atoms with Gasteiger partial charge in [-0.2, -0.15) is 0 Å². The van der Waals surface area contributed by atoms with E-state index >= 15 is 0 Å². The van der Waals surface area contributed by atoms with Gasteiger partial charge in [0.15, 0.2) is 0 Å². The quantitative estimate of drug-likeness (QED) is 0.785. The summed E-state index contributed by atoms with van der Waals surface area (Å²) >= 11 is 0. The van der Waals surface area contributed by atoms with Crippen LogP contribution in [0.25, 0.3) is 0 Å². The molecule has 0 bridgehead atoms. The number of ether oxygens (including phenoxy) is 1. The molecule has 1 aliphatic heterocycles. The Labute approximate surface area is 125 Å². The molecule has 4 heteroatoms. The van der Waals surface area contributed by atoms with E-state index in [1.807, 2.05) is 12.1 Å². The largest absolute Gasteiger partial charge is 0.512 e. The summed E-state index contributed by atoms with van der Waals surface area (Å²) in [5.74, 6) is -0.113. The van der Waals surface area contributed by atoms with Crippen molar-refractivity contribution in [2.24, 2.45) is 0 Å². The zero-order valence-corrected chi connectivity index (χ0v) is 12.3. The van der Waals surface area contributed by atoms with Crippen LogP contribution in [0.4, 0.5) is 0 Å². The average Bonchev–Trinajstić information content (AvgIpc) is 2.44. The Hall–Kier alpha value is -1.97. The number of phenolic OH excluding ortho intramolecular Hbond substituents is 1. The highest BCUT2D eigenvalue weighted by Gasteiger charge is 2.37. The van der Waals surface area contributed by atoms with Crippen molar-refractivity contribution in [3.05, 3.63) is 41.7 Å². The van der Waals surface area contributed by atoms with E-state index in [0.717, 1.165) is 37.3 Å². The minimum atomic E-state index is -0.607. The zero-order valence-electron chi connectivity index (χ0n) is 12.3. The lowest BCUT2D eigenvalue weighted by atomic mass is 9.84. The Morgan fingerprint density at radius 3 is 2.52 bits per heavy atom. The molecule has 1 aliphatic rings. The van der Waals surface area contributed by atoms with Gasteiger partial charge in [0.2, 0.25) is 0 Å². The molecule has 1 heterocycles. The lowest BCUT2D eigenvalue weighted by molar-refractivity contribution is -0.159. The van der Waals surface area contributed by atoms with Crippen LogP contribution in [0.2, 0.25) is 0 Å². The minimum Gasteiger partial charge on any atom is -0.512 e. The van der Waals surface area contributed by atoms with Crippen LogP contribution in [0, 0.1) is 0 Å². The number of cyclic esters (lactones) is 1. The number of carbonyl (C=O) groups is 1. The van der Waals surface area contributed by atoms with Crippen molar-refractivity contribution in [1.82, 2.24) is 0 Å². The van der Waals surface area contributed by atoms with Crippen molar-refractivity contribution >= 4 is 5.97 Å². The molecule has 0 amide bonds. The van der Waals surface area contributed by atoms with E-state index in [9.17, 15) is 15.0 Å². The van der Waals surface area contributed by atoms with Crippen molar-refractivity contribution in [3.63, 3.8) is 0 Å². The molecule has 0 unspecified atom stereocenters. The summed E-state index contributed by atoms with van der Waals surface area (Å²) in [5.41, 5.74) is 0.470. The van der Waals surface area contributed by atoms with Gasteiger partial charge in [0, 0.05) is 6.42 Å². The number of hydrogen-bond donors (Lipinski definition) is 2. The SMILES string of the molecule is CCCC[C@]1(CCc2ccc(O)cc2)CC(O)=CC(=O)O1. The number of esters is 1. The summed E-state index contributed by atoms with van der Waals surface area (Å²) < 4.78 is 5.57. The fourth-order valence-corrected chi connectivity index (χ4v) is 2.73. The molecule has 114 valence electrons. The molecule has 0 aromatic heterocycles. The molecule has 1 aromatic carbocycles. The molecule has 21 heavy (non-hydrogen) atoms. The minimum absolute atomic E-state index is 0.105. The maximum absolute atomic E-state index is 11.6. The van der Waals surface area contributed by atoms with E-state index in [4.69, 9.17) is 4.74 Å². The first kappa shape index (κ1) is 15.4. The summed E-state index contributed by atoms with van der Waals surface area (Å²) in [7, 11) is 0. The number of benzene rings is 1. The van der Waals surface area contributed by atoms with Gasteiger partial charge in [-0.3, -0.25) is 0 Å². The van der Waals surface area contributed by atoms with E-state index in [-0.39, 0.29) is 11.5 Å². The third kappa shape index (κ3) is 4.25. The second kappa shape index (κ2) is 6.66. The summed E-state index contributed by atoms with van der Waals surface area (Å²) in [6.07, 6.45) is 5.68. The molecule has 2 rings (SSSR count). The Bertz CT molecular complexity index is 518. The number of phenols is 1. The predicted molar refractivity (Wildman–Crippen MR) is 80.1 cm³/mol. The van der Waals surface area contributed by atoms with Gasteiger partial charge >= 0.3 is 5.97 Å². The number of aliphatic hydroxyl groups excluding tert-OH is 1. The Morgan fingerprint density at radius 1 is 1.19 bits per heavy atom. The molecule has 1 atom stereocenters. The fourth-order valence-electron chi connectivity index (χ4n) is 2.73. The number of carbonyl (C=O) groups excluding carboxylic acids is 1. The number of aryl methyl sites for hydroxylation is 1. The summed E-state index contributed by atoms with van der Waals surface area (Å²) in [6.45, 7) is 2.09. The number of aromatic hydroxyl groups is 1. The second-order valence-electron chi connectivity index (χ2n) is 5.69. The third-order valence-corrected chi connectivity index (χ3v) is 3.90. The molecule has 4 nitrogen and oxygen atoms in total. The smallest absolute Gasteiger partial charge is 0.334 e. The molecular weight excluding hydrogens is 268 g/mol. The first-order valence-corrected chi connectivity index (χ1v) is 7.43. The van der Waals surface area contributed by atoms with Crippen LogP contribution in [0.3, 0.4) is 0 Å². The number of aliphatic hydroxyl groups is 1. The van der Waals surface area contributed by atoms with Gasteiger partial charge in [0.1, 0.15) is 17.1 Å². The molecule has 0 fully saturated rings. The molecule has 0 spiro atoms. The van der Waals surface area contributed by atoms with E-state index in [1.54, 1.807) is 12.1 Å². The lowest BCUT2D eigenvalue weighted by Crippen LogP contribution is -2.38. The molecule has 1 aromatic rings. The third-order valence-electron chi connectivity index (χ3n) is 3.90. The molecule has 0 saturated carbocycles. The van der Waals surface area contributed by atoms with Crippen molar-refractivity contribution in [3.8, 4) is 5.75 Å². The van der Waals surface area contributed by atoms with E-state index in [1.165, 1.54) is 0 Å². The summed E-state index contributed by atoms with van der Waals surface area (Å²) in [4.78, 5) is 11.6. The summed E-state index contributed by atoms with van der Waals surface area (Å²) in [6, 6.07) is 7.03. The molecule has 0 radical (unpaired) electrons. The van der Waals surface area contributed by atoms with Crippen LogP contribution in [0.15, 0.2) is 36.1 Å². The fraction of sp³-hybridized carbons (Fsp3) is 0.471. The van der Waals surface area contributed by atoms with Crippen molar-refractivity contribution in [1.29, 1.82) is 0 Å². The summed E-state index contributed by atoms with van der Waals surface area (Å²) in [5, 5.41) is 19.1. The molecule has 0 saturated heterocycles. The van der Waals surface area contributed by atoms with Gasteiger partial charge in [0.25, 0.3) is 0 Å². The molecule has 0 aliphatic carbocycles. The monoisotopic (exact) mass is 290 g/mol. The van der Waals surface area contributed by atoms with Crippen molar-refractivity contribution < 1.29 is 19.7 Å². The number of hydrogen-bond acceptors (Lipinski definition) is 4. The highest BCUT2D eigenvalue weighted by Crippen LogP contribution is 2.34. The van der Waals surface area contributed by atoms with Gasteiger partial charge in [0.05, 0.1) is 6.08 Å². The number of unbranched alkanes of at least 4 members (excludes halogenated alkanes) is 1. The van der Waals surface area contributed by atoms with Crippen LogP contribution in [-0.2, 0) is 16.0 Å². The van der Waals surface area contributed by atoms with E-state index in [2.05, 4.69) is 6.92 Å². The Kier molecular flexibility index (Phi) is 4.89. The van der Waals surface area contributed by atoms with Crippen molar-refractivity contribution in [2.75, 3.05) is 0 Å². The van der Waals surface area contributed by atoms with Crippen LogP contribution in [0.5, 0.6) is 5.75 Å². The maximum Gasteiger partial charge on any atom is 0.334 e. The average molecular weight is 290 g/mol. The van der Waals surface area contributed by atoms with Gasteiger partial charge in [-0.15, -0.1) is 0 Å². The first-order valence-electron chi connectivity index (χ1n) is 7.43. The van der Waals surface area contributed by atoms with Crippen LogP contribution in [0.1, 0.15) is 44.6 Å². The highest BCUT2D eigenvalue weighted by atomic mass is 16.6.